The summed E-state index contributed by atoms with van der Waals surface area (Å²) in [6.07, 6.45) is 4.85. The molecule has 118 valence electrons. The highest BCUT2D eigenvalue weighted by Crippen LogP contribution is 2.35. The third kappa shape index (κ3) is 4.35. The van der Waals surface area contributed by atoms with Crippen LogP contribution in [0.4, 0.5) is 0 Å². The van der Waals surface area contributed by atoms with E-state index in [9.17, 15) is 0 Å². The van der Waals surface area contributed by atoms with Gasteiger partial charge in [0, 0.05) is 25.6 Å². The fraction of sp³-hybridized carbons (Fsp3) is 0.647. The molecule has 1 N–H and O–H groups in total. The van der Waals surface area contributed by atoms with Crippen molar-refractivity contribution >= 4 is 0 Å². The molecule has 2 rings (SSSR count). The zero-order valence-corrected chi connectivity index (χ0v) is 13.4. The molecule has 0 aromatic heterocycles. The van der Waals surface area contributed by atoms with E-state index in [1.807, 2.05) is 26.1 Å². The molecular formula is C17H27NO3. The molecule has 0 aliphatic heterocycles. The summed E-state index contributed by atoms with van der Waals surface area (Å²) in [6, 6.07) is 6.09. The van der Waals surface area contributed by atoms with Crippen LogP contribution in [-0.4, -0.2) is 33.0 Å². The Balaban J connectivity index is 2.15. The molecule has 1 aromatic rings. The van der Waals surface area contributed by atoms with Gasteiger partial charge < -0.3 is 19.5 Å². The number of para-hydroxylation sites is 1. The van der Waals surface area contributed by atoms with E-state index in [1.165, 1.54) is 0 Å². The Morgan fingerprint density at radius 2 is 2.05 bits per heavy atom. The Bertz CT molecular complexity index is 412. The maximum absolute atomic E-state index is 6.31. The van der Waals surface area contributed by atoms with E-state index in [-0.39, 0.29) is 6.10 Å². The van der Waals surface area contributed by atoms with Crippen molar-refractivity contribution in [1.82, 2.24) is 5.32 Å². The van der Waals surface area contributed by atoms with Crippen LogP contribution >= 0.6 is 0 Å². The third-order valence-corrected chi connectivity index (χ3v) is 3.92. The van der Waals surface area contributed by atoms with Crippen LogP contribution in [0.25, 0.3) is 0 Å². The molecule has 1 aliphatic carbocycles. The van der Waals surface area contributed by atoms with E-state index in [2.05, 4.69) is 11.4 Å². The first-order valence-electron chi connectivity index (χ1n) is 7.87. The molecule has 1 aromatic carbocycles. The predicted octanol–water partition coefficient (Wildman–Crippen LogP) is 3.14. The molecule has 4 nitrogen and oxygen atoms in total. The SMILES string of the molecule is CCOc1cccc(CNC)c1OC1CCCC(OC)C1. The van der Waals surface area contributed by atoms with Crippen LogP contribution in [0.5, 0.6) is 11.5 Å². The number of rotatable bonds is 7. The average molecular weight is 293 g/mol. The van der Waals surface area contributed by atoms with E-state index in [1.54, 1.807) is 7.11 Å². The minimum absolute atomic E-state index is 0.209. The second-order valence-electron chi connectivity index (χ2n) is 5.47. The smallest absolute Gasteiger partial charge is 0.166 e. The van der Waals surface area contributed by atoms with Gasteiger partial charge in [-0.1, -0.05) is 12.1 Å². The topological polar surface area (TPSA) is 39.7 Å². The summed E-state index contributed by atoms with van der Waals surface area (Å²) in [5.41, 5.74) is 1.14. The monoisotopic (exact) mass is 293 g/mol. The van der Waals surface area contributed by atoms with Crippen molar-refractivity contribution in [3.63, 3.8) is 0 Å². The van der Waals surface area contributed by atoms with Crippen molar-refractivity contribution < 1.29 is 14.2 Å². The summed E-state index contributed by atoms with van der Waals surface area (Å²) in [5, 5.41) is 3.19. The lowest BCUT2D eigenvalue weighted by molar-refractivity contribution is 0.0196. The van der Waals surface area contributed by atoms with E-state index >= 15 is 0 Å². The fourth-order valence-electron chi connectivity index (χ4n) is 2.88. The third-order valence-electron chi connectivity index (χ3n) is 3.92. The second kappa shape index (κ2) is 8.25. The first kappa shape index (κ1) is 16.1. The summed E-state index contributed by atoms with van der Waals surface area (Å²) in [7, 11) is 3.73. The summed E-state index contributed by atoms with van der Waals surface area (Å²) in [6.45, 7) is 3.41. The molecule has 0 amide bonds. The second-order valence-corrected chi connectivity index (χ2v) is 5.47. The number of methoxy groups -OCH3 is 1. The lowest BCUT2D eigenvalue weighted by atomic mass is 9.95. The van der Waals surface area contributed by atoms with E-state index in [4.69, 9.17) is 14.2 Å². The van der Waals surface area contributed by atoms with Gasteiger partial charge in [-0.05, 0) is 39.3 Å². The van der Waals surface area contributed by atoms with Gasteiger partial charge >= 0.3 is 0 Å². The van der Waals surface area contributed by atoms with Crippen LogP contribution in [0, 0.1) is 0 Å². The zero-order valence-electron chi connectivity index (χ0n) is 13.4. The maximum atomic E-state index is 6.31. The molecule has 0 spiro atoms. The van der Waals surface area contributed by atoms with Crippen LogP contribution < -0.4 is 14.8 Å². The van der Waals surface area contributed by atoms with Gasteiger partial charge in [0.25, 0.3) is 0 Å². The molecule has 1 aliphatic rings. The molecule has 1 fully saturated rings. The molecule has 0 radical (unpaired) electrons. The molecule has 21 heavy (non-hydrogen) atoms. The molecule has 0 bridgehead atoms. The highest BCUT2D eigenvalue weighted by atomic mass is 16.5. The fourth-order valence-corrected chi connectivity index (χ4v) is 2.88. The summed E-state index contributed by atoms with van der Waals surface area (Å²) < 4.78 is 17.5. The van der Waals surface area contributed by atoms with Crippen molar-refractivity contribution in [2.75, 3.05) is 20.8 Å². The quantitative estimate of drug-likeness (QED) is 0.838. The normalized spacial score (nSPS) is 22.0. The highest BCUT2D eigenvalue weighted by Gasteiger charge is 2.25. The minimum atomic E-state index is 0.209. The van der Waals surface area contributed by atoms with Crippen molar-refractivity contribution in [3.05, 3.63) is 23.8 Å². The van der Waals surface area contributed by atoms with E-state index in [0.717, 1.165) is 49.3 Å². The van der Waals surface area contributed by atoms with Gasteiger partial charge in [0.15, 0.2) is 11.5 Å². The summed E-state index contributed by atoms with van der Waals surface area (Å²) in [4.78, 5) is 0. The standard InChI is InChI=1S/C17H27NO3/c1-4-20-16-10-5-7-13(12-18-2)17(16)21-15-9-6-8-14(11-15)19-3/h5,7,10,14-15,18H,4,6,8-9,11-12H2,1-3H3. The van der Waals surface area contributed by atoms with Crippen molar-refractivity contribution in [2.24, 2.45) is 0 Å². The average Bonchev–Trinajstić information content (AvgIpc) is 2.51. The number of benzene rings is 1. The Labute approximate surface area is 127 Å². The lowest BCUT2D eigenvalue weighted by Gasteiger charge is -2.30. The Morgan fingerprint density at radius 1 is 1.24 bits per heavy atom. The number of hydrogen-bond donors (Lipinski definition) is 1. The number of nitrogens with one attached hydrogen (secondary N) is 1. The Kier molecular flexibility index (Phi) is 6.33. The molecular weight excluding hydrogens is 266 g/mol. The van der Waals surface area contributed by atoms with Crippen molar-refractivity contribution in [3.8, 4) is 11.5 Å². The maximum Gasteiger partial charge on any atom is 0.166 e. The largest absolute Gasteiger partial charge is 0.490 e. The van der Waals surface area contributed by atoms with Crippen LogP contribution in [0.3, 0.4) is 0 Å². The van der Waals surface area contributed by atoms with Gasteiger partial charge in [-0.3, -0.25) is 0 Å². The van der Waals surface area contributed by atoms with Gasteiger partial charge in [0.1, 0.15) is 6.10 Å². The Morgan fingerprint density at radius 3 is 2.76 bits per heavy atom. The first-order valence-corrected chi connectivity index (χ1v) is 7.87. The number of hydrogen-bond acceptors (Lipinski definition) is 4. The van der Waals surface area contributed by atoms with Crippen molar-refractivity contribution in [2.45, 2.75) is 51.4 Å². The van der Waals surface area contributed by atoms with E-state index in [0.29, 0.717) is 12.7 Å². The van der Waals surface area contributed by atoms with Crippen LogP contribution in [-0.2, 0) is 11.3 Å². The van der Waals surface area contributed by atoms with Gasteiger partial charge in [0.05, 0.1) is 12.7 Å². The number of ether oxygens (including phenoxy) is 3. The minimum Gasteiger partial charge on any atom is -0.490 e. The van der Waals surface area contributed by atoms with Crippen LogP contribution in [0.15, 0.2) is 18.2 Å². The van der Waals surface area contributed by atoms with E-state index < -0.39 is 0 Å². The van der Waals surface area contributed by atoms with Crippen molar-refractivity contribution in [1.29, 1.82) is 0 Å². The Hall–Kier alpha value is -1.26. The summed E-state index contributed by atoms with van der Waals surface area (Å²) >= 11 is 0. The molecule has 0 heterocycles. The van der Waals surface area contributed by atoms with Gasteiger partial charge in [-0.2, -0.15) is 0 Å². The molecule has 4 heteroatoms. The molecule has 1 saturated carbocycles. The summed E-state index contributed by atoms with van der Waals surface area (Å²) in [5.74, 6) is 1.72. The molecule has 0 saturated heterocycles. The van der Waals surface area contributed by atoms with Gasteiger partial charge in [0.2, 0.25) is 0 Å². The highest BCUT2D eigenvalue weighted by molar-refractivity contribution is 5.46. The molecule has 2 unspecified atom stereocenters. The van der Waals surface area contributed by atoms with Gasteiger partial charge in [-0.15, -0.1) is 0 Å². The first-order chi connectivity index (χ1) is 10.3. The van der Waals surface area contributed by atoms with Crippen LogP contribution in [0.2, 0.25) is 0 Å². The van der Waals surface area contributed by atoms with Gasteiger partial charge in [-0.25, -0.2) is 0 Å². The predicted molar refractivity (Wildman–Crippen MR) is 84.1 cm³/mol. The zero-order chi connectivity index (χ0) is 15.1. The lowest BCUT2D eigenvalue weighted by Crippen LogP contribution is -2.30. The molecule has 2 atom stereocenters. The van der Waals surface area contributed by atoms with Crippen LogP contribution in [0.1, 0.15) is 38.2 Å².